The first-order chi connectivity index (χ1) is 11.7. The van der Waals surface area contributed by atoms with Crippen molar-refractivity contribution in [2.75, 3.05) is 48.8 Å². The zero-order valence-electron chi connectivity index (χ0n) is 13.8. The number of hydrogen-bond acceptors (Lipinski definition) is 7. The maximum atomic E-state index is 12.6. The van der Waals surface area contributed by atoms with E-state index < -0.39 is 0 Å². The van der Waals surface area contributed by atoms with Gasteiger partial charge in [0.05, 0.1) is 6.20 Å². The Morgan fingerprint density at radius 3 is 2.67 bits per heavy atom. The first-order valence-electron chi connectivity index (χ1n) is 8.15. The number of nitriles is 1. The van der Waals surface area contributed by atoms with Crippen molar-refractivity contribution in [3.8, 4) is 6.07 Å². The molecule has 0 unspecified atom stereocenters. The predicted octanol–water partition coefficient (Wildman–Crippen LogP) is 1.86. The highest BCUT2D eigenvalue weighted by Gasteiger charge is 2.30. The van der Waals surface area contributed by atoms with Gasteiger partial charge >= 0.3 is 0 Å². The number of aromatic nitrogens is 2. The molecule has 2 saturated heterocycles. The molecule has 1 amide bonds. The molecule has 3 heterocycles. The third-order valence-electron chi connectivity index (χ3n) is 4.52. The molecule has 0 N–H and O–H groups in total. The molecule has 1 aromatic rings. The number of hydrogen-bond donors (Lipinski definition) is 0. The second-order valence-corrected chi connectivity index (χ2v) is 7.90. The normalized spacial score (nSPS) is 19.2. The summed E-state index contributed by atoms with van der Waals surface area (Å²) in [5, 5.41) is 9.97. The van der Waals surface area contributed by atoms with Crippen LogP contribution >= 0.6 is 23.5 Å². The second kappa shape index (κ2) is 8.08. The van der Waals surface area contributed by atoms with Crippen LogP contribution in [0.15, 0.2) is 11.4 Å². The van der Waals surface area contributed by atoms with Gasteiger partial charge in [-0.15, -0.1) is 0 Å². The number of carbonyl (C=O) groups excluding carboxylic acids is 1. The lowest BCUT2D eigenvalue weighted by Gasteiger charge is -2.36. The minimum absolute atomic E-state index is 0.108. The SMILES string of the molecule is CSc1ncc(C#N)c(N2CCC(C(=O)N3CCSCC3)CC2)n1. The van der Waals surface area contributed by atoms with Crippen LogP contribution in [0.5, 0.6) is 0 Å². The molecule has 128 valence electrons. The van der Waals surface area contributed by atoms with Crippen LogP contribution in [0.25, 0.3) is 0 Å². The van der Waals surface area contributed by atoms with E-state index >= 15 is 0 Å². The number of nitrogens with zero attached hydrogens (tertiary/aromatic N) is 5. The molecule has 0 atom stereocenters. The minimum Gasteiger partial charge on any atom is -0.355 e. The highest BCUT2D eigenvalue weighted by atomic mass is 32.2. The summed E-state index contributed by atoms with van der Waals surface area (Å²) in [6, 6.07) is 2.18. The highest BCUT2D eigenvalue weighted by molar-refractivity contribution is 7.99. The van der Waals surface area contributed by atoms with Crippen LogP contribution in [0, 0.1) is 17.2 Å². The van der Waals surface area contributed by atoms with E-state index in [-0.39, 0.29) is 5.92 Å². The Labute approximate surface area is 151 Å². The van der Waals surface area contributed by atoms with Gasteiger partial charge in [0, 0.05) is 43.6 Å². The van der Waals surface area contributed by atoms with Crippen molar-refractivity contribution in [3.63, 3.8) is 0 Å². The predicted molar refractivity (Wildman–Crippen MR) is 97.4 cm³/mol. The van der Waals surface area contributed by atoms with Gasteiger partial charge in [-0.05, 0) is 19.1 Å². The van der Waals surface area contributed by atoms with Crippen molar-refractivity contribution in [2.24, 2.45) is 5.92 Å². The Morgan fingerprint density at radius 2 is 2.04 bits per heavy atom. The molecule has 0 saturated carbocycles. The van der Waals surface area contributed by atoms with E-state index in [0.717, 1.165) is 50.5 Å². The molecule has 2 aliphatic heterocycles. The molecule has 1 aromatic heterocycles. The molecule has 0 aliphatic carbocycles. The average Bonchev–Trinajstić information content (AvgIpc) is 2.67. The van der Waals surface area contributed by atoms with E-state index in [2.05, 4.69) is 20.9 Å². The number of rotatable bonds is 3. The standard InChI is InChI=1S/C16H21N5OS2/c1-23-16-18-11-13(10-17)14(19-16)20-4-2-12(3-5-20)15(22)21-6-8-24-9-7-21/h11-12H,2-9H2,1H3. The van der Waals surface area contributed by atoms with Gasteiger partial charge in [0.25, 0.3) is 0 Å². The molecule has 2 fully saturated rings. The fourth-order valence-corrected chi connectivity index (χ4v) is 4.39. The number of anilines is 1. The number of amides is 1. The van der Waals surface area contributed by atoms with Crippen LogP contribution in [0.4, 0.5) is 5.82 Å². The van der Waals surface area contributed by atoms with E-state index in [1.54, 1.807) is 6.20 Å². The smallest absolute Gasteiger partial charge is 0.225 e. The zero-order valence-corrected chi connectivity index (χ0v) is 15.4. The highest BCUT2D eigenvalue weighted by Crippen LogP contribution is 2.27. The molecular formula is C16H21N5OS2. The summed E-state index contributed by atoms with van der Waals surface area (Å²) in [5.74, 6) is 3.22. The van der Waals surface area contributed by atoms with Crippen LogP contribution in [-0.2, 0) is 4.79 Å². The van der Waals surface area contributed by atoms with Gasteiger partial charge in [-0.3, -0.25) is 4.79 Å². The Balaban J connectivity index is 1.65. The van der Waals surface area contributed by atoms with Crippen molar-refractivity contribution >= 4 is 35.2 Å². The second-order valence-electron chi connectivity index (χ2n) is 5.90. The molecule has 0 radical (unpaired) electrons. The van der Waals surface area contributed by atoms with Crippen LogP contribution in [0.3, 0.4) is 0 Å². The van der Waals surface area contributed by atoms with Gasteiger partial charge < -0.3 is 9.80 Å². The Kier molecular flexibility index (Phi) is 5.85. The Bertz CT molecular complexity index is 634. The Morgan fingerprint density at radius 1 is 1.33 bits per heavy atom. The van der Waals surface area contributed by atoms with Gasteiger partial charge in [-0.1, -0.05) is 11.8 Å². The number of piperidine rings is 1. The monoisotopic (exact) mass is 363 g/mol. The molecule has 8 heteroatoms. The summed E-state index contributed by atoms with van der Waals surface area (Å²) in [6.45, 7) is 3.29. The topological polar surface area (TPSA) is 73.1 Å². The molecule has 0 aromatic carbocycles. The third-order valence-corrected chi connectivity index (χ3v) is 6.02. The fraction of sp³-hybridized carbons (Fsp3) is 0.625. The largest absolute Gasteiger partial charge is 0.355 e. The molecule has 0 spiro atoms. The number of carbonyl (C=O) groups is 1. The lowest BCUT2D eigenvalue weighted by molar-refractivity contribution is -0.135. The van der Waals surface area contributed by atoms with Crippen LogP contribution in [0.2, 0.25) is 0 Å². The first-order valence-corrected chi connectivity index (χ1v) is 10.5. The molecule has 24 heavy (non-hydrogen) atoms. The summed E-state index contributed by atoms with van der Waals surface area (Å²) in [6.07, 6.45) is 5.17. The fourth-order valence-electron chi connectivity index (χ4n) is 3.16. The average molecular weight is 364 g/mol. The van der Waals surface area contributed by atoms with E-state index in [0.29, 0.717) is 22.4 Å². The lowest BCUT2D eigenvalue weighted by atomic mass is 9.95. The maximum absolute atomic E-state index is 12.6. The van der Waals surface area contributed by atoms with Crippen LogP contribution in [-0.4, -0.2) is 64.7 Å². The van der Waals surface area contributed by atoms with Crippen molar-refractivity contribution in [3.05, 3.63) is 11.8 Å². The molecular weight excluding hydrogens is 342 g/mol. The molecule has 6 nitrogen and oxygen atoms in total. The molecule has 2 aliphatic rings. The van der Waals surface area contributed by atoms with Crippen LogP contribution < -0.4 is 4.90 Å². The van der Waals surface area contributed by atoms with E-state index in [4.69, 9.17) is 0 Å². The van der Waals surface area contributed by atoms with Gasteiger partial charge in [-0.25, -0.2) is 9.97 Å². The summed E-state index contributed by atoms with van der Waals surface area (Å²) >= 11 is 3.39. The van der Waals surface area contributed by atoms with Crippen molar-refractivity contribution < 1.29 is 4.79 Å². The summed E-state index contributed by atoms with van der Waals surface area (Å²) < 4.78 is 0. The Hall–Kier alpha value is -1.46. The number of thioether (sulfide) groups is 2. The first kappa shape index (κ1) is 17.4. The van der Waals surface area contributed by atoms with E-state index in [1.165, 1.54) is 11.8 Å². The van der Waals surface area contributed by atoms with Crippen molar-refractivity contribution in [1.82, 2.24) is 14.9 Å². The lowest BCUT2D eigenvalue weighted by Crippen LogP contribution is -2.45. The van der Waals surface area contributed by atoms with Gasteiger partial charge in [0.2, 0.25) is 5.91 Å². The quantitative estimate of drug-likeness (QED) is 0.599. The third kappa shape index (κ3) is 3.78. The zero-order chi connectivity index (χ0) is 16.9. The van der Waals surface area contributed by atoms with Gasteiger partial charge in [-0.2, -0.15) is 17.0 Å². The maximum Gasteiger partial charge on any atom is 0.225 e. The van der Waals surface area contributed by atoms with E-state index in [9.17, 15) is 10.1 Å². The summed E-state index contributed by atoms with van der Waals surface area (Å²) in [5.41, 5.74) is 0.505. The van der Waals surface area contributed by atoms with Crippen molar-refractivity contribution in [1.29, 1.82) is 5.26 Å². The summed E-state index contributed by atoms with van der Waals surface area (Å²) in [4.78, 5) is 25.4. The minimum atomic E-state index is 0.108. The van der Waals surface area contributed by atoms with E-state index in [1.807, 2.05) is 22.9 Å². The van der Waals surface area contributed by atoms with Gasteiger partial charge in [0.15, 0.2) is 11.0 Å². The molecule has 0 bridgehead atoms. The van der Waals surface area contributed by atoms with Crippen molar-refractivity contribution in [2.45, 2.75) is 18.0 Å². The van der Waals surface area contributed by atoms with Crippen LogP contribution in [0.1, 0.15) is 18.4 Å². The van der Waals surface area contributed by atoms with Gasteiger partial charge in [0.1, 0.15) is 11.6 Å². The summed E-state index contributed by atoms with van der Waals surface area (Å²) in [7, 11) is 0. The molecule has 3 rings (SSSR count).